The van der Waals surface area contributed by atoms with E-state index in [1.165, 1.54) is 0 Å². The van der Waals surface area contributed by atoms with E-state index < -0.39 is 0 Å². The standard InChI is InChI=1S/C19H30N2O3/c1-15(17-8-3-2-4-9-17)24-12-6-11-20-19(23)21-14-16-7-5-10-18(22)13-16/h2-4,8-9,15-16,18,22H,5-7,10-14H2,1H3,(H2,20,21,23). The Bertz CT molecular complexity index is 481. The van der Waals surface area contributed by atoms with Crippen molar-refractivity contribution in [1.29, 1.82) is 0 Å². The van der Waals surface area contributed by atoms with Gasteiger partial charge in [-0.3, -0.25) is 0 Å². The Morgan fingerprint density at radius 2 is 2.08 bits per heavy atom. The average molecular weight is 334 g/mol. The number of benzene rings is 1. The first-order valence-electron chi connectivity index (χ1n) is 9.01. The molecule has 24 heavy (non-hydrogen) atoms. The molecule has 2 amide bonds. The second kappa shape index (κ2) is 10.3. The fraction of sp³-hybridized carbons (Fsp3) is 0.632. The number of rotatable bonds is 8. The molecule has 1 aromatic rings. The SMILES string of the molecule is CC(OCCCNC(=O)NCC1CCCC(O)C1)c1ccccc1. The van der Waals surface area contributed by atoms with E-state index in [1.54, 1.807) is 0 Å². The van der Waals surface area contributed by atoms with Crippen LogP contribution in [0.5, 0.6) is 0 Å². The summed E-state index contributed by atoms with van der Waals surface area (Å²) in [7, 11) is 0. The van der Waals surface area contributed by atoms with Crippen molar-refractivity contribution in [1.82, 2.24) is 10.6 Å². The quantitative estimate of drug-likeness (QED) is 0.640. The molecule has 0 bridgehead atoms. The number of nitrogens with one attached hydrogen (secondary N) is 2. The lowest BCUT2D eigenvalue weighted by Crippen LogP contribution is -2.40. The zero-order chi connectivity index (χ0) is 17.2. The molecule has 0 saturated heterocycles. The molecule has 1 fully saturated rings. The van der Waals surface area contributed by atoms with Crippen molar-refractivity contribution in [2.75, 3.05) is 19.7 Å². The molecule has 1 aliphatic rings. The van der Waals surface area contributed by atoms with Crippen LogP contribution in [0.3, 0.4) is 0 Å². The molecular weight excluding hydrogens is 304 g/mol. The molecule has 0 aliphatic heterocycles. The molecule has 3 atom stereocenters. The predicted octanol–water partition coefficient (Wildman–Crippen LogP) is 3.00. The van der Waals surface area contributed by atoms with E-state index in [0.29, 0.717) is 25.6 Å². The molecule has 3 N–H and O–H groups in total. The molecule has 134 valence electrons. The number of ether oxygens (including phenoxy) is 1. The lowest BCUT2D eigenvalue weighted by Gasteiger charge is -2.25. The molecular formula is C19H30N2O3. The average Bonchev–Trinajstić information content (AvgIpc) is 2.60. The van der Waals surface area contributed by atoms with Gasteiger partial charge in [-0.1, -0.05) is 36.8 Å². The Morgan fingerprint density at radius 3 is 2.83 bits per heavy atom. The second-order valence-corrected chi connectivity index (χ2v) is 6.60. The summed E-state index contributed by atoms with van der Waals surface area (Å²) < 4.78 is 5.78. The molecule has 2 rings (SSSR count). The van der Waals surface area contributed by atoms with Crippen molar-refractivity contribution in [2.45, 2.75) is 51.2 Å². The minimum absolute atomic E-state index is 0.0674. The lowest BCUT2D eigenvalue weighted by atomic mass is 9.87. The van der Waals surface area contributed by atoms with Gasteiger partial charge >= 0.3 is 6.03 Å². The largest absolute Gasteiger partial charge is 0.393 e. The Kier molecular flexibility index (Phi) is 8.05. The van der Waals surface area contributed by atoms with E-state index in [1.807, 2.05) is 25.1 Å². The summed E-state index contributed by atoms with van der Waals surface area (Å²) in [6, 6.07) is 9.98. The molecule has 3 unspecified atom stereocenters. The molecule has 5 heteroatoms. The van der Waals surface area contributed by atoms with Gasteiger partial charge in [-0.2, -0.15) is 0 Å². The first-order valence-corrected chi connectivity index (χ1v) is 9.01. The summed E-state index contributed by atoms with van der Waals surface area (Å²) in [5.41, 5.74) is 1.16. The number of hydrogen-bond acceptors (Lipinski definition) is 3. The smallest absolute Gasteiger partial charge is 0.314 e. The summed E-state index contributed by atoms with van der Waals surface area (Å²) in [6.45, 7) is 3.89. The van der Waals surface area contributed by atoms with E-state index in [9.17, 15) is 9.90 Å². The van der Waals surface area contributed by atoms with Crippen LogP contribution in [-0.4, -0.2) is 36.9 Å². The topological polar surface area (TPSA) is 70.6 Å². The first kappa shape index (κ1) is 18.7. The third kappa shape index (κ3) is 6.89. The number of amides is 2. The minimum Gasteiger partial charge on any atom is -0.393 e. The Morgan fingerprint density at radius 1 is 1.29 bits per heavy atom. The van der Waals surface area contributed by atoms with Gasteiger partial charge in [0.05, 0.1) is 12.2 Å². The summed E-state index contributed by atoms with van der Waals surface area (Å²) in [5.74, 6) is 0.398. The van der Waals surface area contributed by atoms with Crippen LogP contribution in [0.2, 0.25) is 0 Å². The maximum Gasteiger partial charge on any atom is 0.314 e. The molecule has 1 aromatic carbocycles. The number of carbonyl (C=O) groups excluding carboxylic acids is 1. The molecule has 1 saturated carbocycles. The van der Waals surface area contributed by atoms with Crippen LogP contribution in [0.4, 0.5) is 4.79 Å². The molecule has 0 radical (unpaired) electrons. The Labute approximate surface area is 144 Å². The first-order chi connectivity index (χ1) is 11.6. The third-order valence-corrected chi connectivity index (χ3v) is 4.55. The van der Waals surface area contributed by atoms with E-state index in [2.05, 4.69) is 22.8 Å². The highest BCUT2D eigenvalue weighted by Crippen LogP contribution is 2.23. The van der Waals surface area contributed by atoms with Gasteiger partial charge in [-0.05, 0) is 44.1 Å². The third-order valence-electron chi connectivity index (χ3n) is 4.55. The van der Waals surface area contributed by atoms with Gasteiger partial charge < -0.3 is 20.5 Å². The Balaban J connectivity index is 1.50. The highest BCUT2D eigenvalue weighted by atomic mass is 16.5. The number of aliphatic hydroxyl groups is 1. The molecule has 0 spiro atoms. The van der Waals surface area contributed by atoms with Gasteiger partial charge in [0.1, 0.15) is 0 Å². The normalized spacial score (nSPS) is 21.9. The zero-order valence-corrected chi connectivity index (χ0v) is 14.5. The van der Waals surface area contributed by atoms with E-state index in [4.69, 9.17) is 4.74 Å². The monoisotopic (exact) mass is 334 g/mol. The number of aliphatic hydroxyl groups excluding tert-OH is 1. The maximum atomic E-state index is 11.8. The number of urea groups is 1. The van der Waals surface area contributed by atoms with E-state index >= 15 is 0 Å². The summed E-state index contributed by atoms with van der Waals surface area (Å²) in [5, 5.41) is 15.4. The van der Waals surface area contributed by atoms with Crippen molar-refractivity contribution in [3.63, 3.8) is 0 Å². The van der Waals surface area contributed by atoms with Crippen LogP contribution >= 0.6 is 0 Å². The molecule has 0 aromatic heterocycles. The van der Waals surface area contributed by atoms with Crippen LogP contribution in [0, 0.1) is 5.92 Å². The summed E-state index contributed by atoms with van der Waals surface area (Å²) >= 11 is 0. The fourth-order valence-electron chi connectivity index (χ4n) is 3.10. The Hall–Kier alpha value is -1.59. The highest BCUT2D eigenvalue weighted by Gasteiger charge is 2.20. The fourth-order valence-corrected chi connectivity index (χ4v) is 3.10. The summed E-state index contributed by atoms with van der Waals surface area (Å²) in [6.07, 6.45) is 4.48. The molecule has 1 aliphatic carbocycles. The van der Waals surface area contributed by atoms with E-state index in [-0.39, 0.29) is 18.2 Å². The van der Waals surface area contributed by atoms with Crippen LogP contribution in [0.1, 0.15) is 50.7 Å². The van der Waals surface area contributed by atoms with Crippen molar-refractivity contribution in [3.8, 4) is 0 Å². The molecule has 0 heterocycles. The maximum absolute atomic E-state index is 11.8. The predicted molar refractivity (Wildman–Crippen MR) is 94.8 cm³/mol. The summed E-state index contributed by atoms with van der Waals surface area (Å²) in [4.78, 5) is 11.8. The van der Waals surface area contributed by atoms with Gasteiger partial charge in [-0.15, -0.1) is 0 Å². The van der Waals surface area contributed by atoms with Gasteiger partial charge in [0.2, 0.25) is 0 Å². The van der Waals surface area contributed by atoms with Gasteiger partial charge in [0, 0.05) is 19.7 Å². The van der Waals surface area contributed by atoms with Crippen molar-refractivity contribution < 1.29 is 14.6 Å². The number of carbonyl (C=O) groups is 1. The van der Waals surface area contributed by atoms with E-state index in [0.717, 1.165) is 37.7 Å². The van der Waals surface area contributed by atoms with Crippen LogP contribution < -0.4 is 10.6 Å². The highest BCUT2D eigenvalue weighted by molar-refractivity contribution is 5.73. The number of hydrogen-bond donors (Lipinski definition) is 3. The van der Waals surface area contributed by atoms with Gasteiger partial charge in [0.15, 0.2) is 0 Å². The van der Waals surface area contributed by atoms with Gasteiger partial charge in [-0.25, -0.2) is 4.79 Å². The van der Waals surface area contributed by atoms with Gasteiger partial charge in [0.25, 0.3) is 0 Å². The van der Waals surface area contributed by atoms with Crippen molar-refractivity contribution >= 4 is 6.03 Å². The van der Waals surface area contributed by atoms with Crippen LogP contribution in [0.15, 0.2) is 30.3 Å². The zero-order valence-electron chi connectivity index (χ0n) is 14.5. The minimum atomic E-state index is -0.197. The van der Waals surface area contributed by atoms with Crippen molar-refractivity contribution in [3.05, 3.63) is 35.9 Å². The molecule has 5 nitrogen and oxygen atoms in total. The van der Waals surface area contributed by atoms with Crippen LogP contribution in [-0.2, 0) is 4.74 Å². The lowest BCUT2D eigenvalue weighted by molar-refractivity contribution is 0.0643. The van der Waals surface area contributed by atoms with Crippen LogP contribution in [0.25, 0.3) is 0 Å². The van der Waals surface area contributed by atoms with Crippen molar-refractivity contribution in [2.24, 2.45) is 5.92 Å². The second-order valence-electron chi connectivity index (χ2n) is 6.60.